The Kier molecular flexibility index (Phi) is 2.78. The van der Waals surface area contributed by atoms with Crippen LogP contribution in [0.3, 0.4) is 0 Å². The number of nitrogen functional groups attached to an aromatic ring is 1. The largest absolute Gasteiger partial charge is 0.472 e. The van der Waals surface area contributed by atoms with Crippen LogP contribution in [-0.2, 0) is 0 Å². The minimum absolute atomic E-state index is 0.181. The third kappa shape index (κ3) is 2.25. The minimum Gasteiger partial charge on any atom is -0.472 e. The molecule has 88 valence electrons. The number of hydrogen-bond donors (Lipinski definition) is 2. The zero-order valence-corrected chi connectivity index (χ0v) is 8.54. The first kappa shape index (κ1) is 11.1. The summed E-state index contributed by atoms with van der Waals surface area (Å²) in [7, 11) is 0. The van der Waals surface area contributed by atoms with Crippen molar-refractivity contribution < 1.29 is 18.0 Å². The Balaban J connectivity index is 2.28. The molecule has 0 saturated heterocycles. The molecule has 2 aromatic rings. The number of nitrogens with two attached hydrogens (primary N) is 1. The molecule has 0 spiro atoms. The predicted molar refractivity (Wildman–Crippen MR) is 57.4 cm³/mol. The monoisotopic (exact) mass is 238 g/mol. The fourth-order valence-corrected chi connectivity index (χ4v) is 1.30. The van der Waals surface area contributed by atoms with Crippen LogP contribution in [0.1, 0.15) is 10.4 Å². The lowest BCUT2D eigenvalue weighted by Crippen LogP contribution is -2.14. The Hall–Kier alpha value is -2.37. The second-order valence-electron chi connectivity index (χ2n) is 3.32. The van der Waals surface area contributed by atoms with Gasteiger partial charge in [-0.3, -0.25) is 4.79 Å². The van der Waals surface area contributed by atoms with Gasteiger partial charge in [-0.15, -0.1) is 0 Å². The van der Waals surface area contributed by atoms with Gasteiger partial charge in [-0.2, -0.15) is 0 Å². The van der Waals surface area contributed by atoms with Gasteiger partial charge in [0.2, 0.25) is 0 Å². The summed E-state index contributed by atoms with van der Waals surface area (Å²) in [5, 5.41) is 2.24. The summed E-state index contributed by atoms with van der Waals surface area (Å²) in [6, 6.07) is 2.97. The van der Waals surface area contributed by atoms with Crippen LogP contribution in [0.4, 0.5) is 20.2 Å². The van der Waals surface area contributed by atoms with Crippen LogP contribution in [0.25, 0.3) is 0 Å². The van der Waals surface area contributed by atoms with Crippen molar-refractivity contribution >= 4 is 17.3 Å². The molecule has 0 saturated carbocycles. The fourth-order valence-electron chi connectivity index (χ4n) is 1.30. The van der Waals surface area contributed by atoms with E-state index in [4.69, 9.17) is 10.2 Å². The molecular formula is C11H8F2N2O2. The molecule has 1 amide bonds. The number of hydrogen-bond acceptors (Lipinski definition) is 3. The lowest BCUT2D eigenvalue weighted by molar-refractivity contribution is 0.102. The first-order chi connectivity index (χ1) is 8.08. The lowest BCUT2D eigenvalue weighted by Gasteiger charge is -2.08. The van der Waals surface area contributed by atoms with E-state index in [2.05, 4.69) is 5.32 Å². The summed E-state index contributed by atoms with van der Waals surface area (Å²) >= 11 is 0. The summed E-state index contributed by atoms with van der Waals surface area (Å²) < 4.78 is 30.8. The third-order valence-corrected chi connectivity index (χ3v) is 2.11. The normalized spacial score (nSPS) is 10.2. The van der Waals surface area contributed by atoms with Gasteiger partial charge >= 0.3 is 0 Å². The molecule has 1 aromatic heterocycles. The molecular weight excluding hydrogens is 230 g/mol. The van der Waals surface area contributed by atoms with Gasteiger partial charge in [0.25, 0.3) is 5.91 Å². The van der Waals surface area contributed by atoms with Crippen molar-refractivity contribution in [3.63, 3.8) is 0 Å². The summed E-state index contributed by atoms with van der Waals surface area (Å²) in [5.41, 5.74) is 5.19. The van der Waals surface area contributed by atoms with E-state index in [-0.39, 0.29) is 16.9 Å². The van der Waals surface area contributed by atoms with Gasteiger partial charge in [-0.1, -0.05) is 0 Å². The quantitative estimate of drug-likeness (QED) is 0.789. The first-order valence-electron chi connectivity index (χ1n) is 4.66. The second-order valence-corrected chi connectivity index (χ2v) is 3.32. The number of halogens is 2. The lowest BCUT2D eigenvalue weighted by atomic mass is 10.2. The number of nitrogens with one attached hydrogen (secondary N) is 1. The van der Waals surface area contributed by atoms with Gasteiger partial charge in [0.15, 0.2) is 5.82 Å². The molecule has 2 rings (SSSR count). The topological polar surface area (TPSA) is 68.3 Å². The highest BCUT2D eigenvalue weighted by Crippen LogP contribution is 2.24. The number of rotatable bonds is 2. The minimum atomic E-state index is -0.931. The Morgan fingerprint density at radius 3 is 2.71 bits per heavy atom. The van der Waals surface area contributed by atoms with Crippen molar-refractivity contribution in [2.45, 2.75) is 0 Å². The molecule has 3 N–H and O–H groups in total. The van der Waals surface area contributed by atoms with Crippen LogP contribution in [-0.4, -0.2) is 5.91 Å². The van der Waals surface area contributed by atoms with Gasteiger partial charge in [0.05, 0.1) is 17.5 Å². The molecule has 0 aliphatic carbocycles. The van der Waals surface area contributed by atoms with Crippen LogP contribution in [0.15, 0.2) is 35.1 Å². The number of benzene rings is 1. The summed E-state index contributed by atoms with van der Waals surface area (Å²) in [6.45, 7) is 0. The molecule has 0 aliphatic rings. The Morgan fingerprint density at radius 1 is 1.35 bits per heavy atom. The van der Waals surface area contributed by atoms with E-state index < -0.39 is 17.5 Å². The molecule has 1 aromatic carbocycles. The van der Waals surface area contributed by atoms with E-state index >= 15 is 0 Å². The van der Waals surface area contributed by atoms with Gasteiger partial charge in [0, 0.05) is 6.07 Å². The third-order valence-electron chi connectivity index (χ3n) is 2.11. The molecule has 17 heavy (non-hydrogen) atoms. The van der Waals surface area contributed by atoms with Crippen molar-refractivity contribution in [2.24, 2.45) is 0 Å². The van der Waals surface area contributed by atoms with E-state index in [9.17, 15) is 13.6 Å². The Labute approximate surface area is 95.0 Å². The van der Waals surface area contributed by atoms with Crippen LogP contribution in [0.2, 0.25) is 0 Å². The number of amides is 1. The molecule has 0 unspecified atom stereocenters. The highest BCUT2D eigenvalue weighted by atomic mass is 19.1. The smallest absolute Gasteiger partial charge is 0.259 e. The maximum atomic E-state index is 13.4. The average Bonchev–Trinajstić information content (AvgIpc) is 2.76. The summed E-state index contributed by atoms with van der Waals surface area (Å²) in [4.78, 5) is 11.6. The van der Waals surface area contributed by atoms with Crippen molar-refractivity contribution in [3.8, 4) is 0 Å². The van der Waals surface area contributed by atoms with E-state index in [0.29, 0.717) is 6.07 Å². The molecule has 0 fully saturated rings. The standard InChI is InChI=1S/C11H8F2N2O2/c12-7-3-8(13)10(9(14)4-7)15-11(16)6-1-2-17-5-6/h1-5H,14H2,(H,15,16). The number of carbonyl (C=O) groups is 1. The summed E-state index contributed by atoms with van der Waals surface area (Å²) in [5.74, 6) is -2.32. The van der Waals surface area contributed by atoms with E-state index in [0.717, 1.165) is 6.07 Å². The average molecular weight is 238 g/mol. The zero-order valence-electron chi connectivity index (χ0n) is 8.54. The SMILES string of the molecule is Nc1cc(F)cc(F)c1NC(=O)c1ccoc1. The van der Waals surface area contributed by atoms with Crippen LogP contribution in [0.5, 0.6) is 0 Å². The molecule has 1 heterocycles. The van der Waals surface area contributed by atoms with Crippen LogP contribution >= 0.6 is 0 Å². The highest BCUT2D eigenvalue weighted by molar-refractivity contribution is 6.05. The van der Waals surface area contributed by atoms with Crippen molar-refractivity contribution in [1.82, 2.24) is 0 Å². The van der Waals surface area contributed by atoms with Gasteiger partial charge in [-0.05, 0) is 12.1 Å². The van der Waals surface area contributed by atoms with Crippen LogP contribution in [0, 0.1) is 11.6 Å². The molecule has 0 aliphatic heterocycles. The van der Waals surface area contributed by atoms with Gasteiger partial charge in [0.1, 0.15) is 17.8 Å². The number of furan rings is 1. The maximum Gasteiger partial charge on any atom is 0.259 e. The molecule has 4 nitrogen and oxygen atoms in total. The van der Waals surface area contributed by atoms with Gasteiger partial charge in [-0.25, -0.2) is 8.78 Å². The van der Waals surface area contributed by atoms with E-state index in [1.165, 1.54) is 18.6 Å². The Bertz CT molecular complexity index is 530. The molecule has 0 atom stereocenters. The second kappa shape index (κ2) is 4.25. The predicted octanol–water partition coefficient (Wildman–Crippen LogP) is 2.39. The number of carbonyl (C=O) groups excluding carboxylic acids is 1. The zero-order chi connectivity index (χ0) is 12.4. The first-order valence-corrected chi connectivity index (χ1v) is 4.66. The molecule has 0 bridgehead atoms. The highest BCUT2D eigenvalue weighted by Gasteiger charge is 2.14. The van der Waals surface area contributed by atoms with Crippen molar-refractivity contribution in [3.05, 3.63) is 47.9 Å². The number of anilines is 2. The van der Waals surface area contributed by atoms with Crippen molar-refractivity contribution in [1.29, 1.82) is 0 Å². The van der Waals surface area contributed by atoms with E-state index in [1.807, 2.05) is 0 Å². The van der Waals surface area contributed by atoms with Crippen molar-refractivity contribution in [2.75, 3.05) is 11.1 Å². The van der Waals surface area contributed by atoms with Gasteiger partial charge < -0.3 is 15.5 Å². The fraction of sp³-hybridized carbons (Fsp3) is 0. The summed E-state index contributed by atoms with van der Waals surface area (Å²) in [6.07, 6.45) is 2.51. The Morgan fingerprint density at radius 2 is 2.12 bits per heavy atom. The maximum absolute atomic E-state index is 13.4. The molecule has 0 radical (unpaired) electrons. The van der Waals surface area contributed by atoms with Crippen LogP contribution < -0.4 is 11.1 Å². The van der Waals surface area contributed by atoms with E-state index in [1.54, 1.807) is 0 Å². The molecule has 6 heteroatoms.